The van der Waals surface area contributed by atoms with Gasteiger partial charge in [0.2, 0.25) is 0 Å². The van der Waals surface area contributed by atoms with E-state index in [1.165, 1.54) is 19.3 Å². The Labute approximate surface area is 87.2 Å². The number of fused-ring (bicyclic) bond motifs is 1. The number of hydrogen-bond donors (Lipinski definition) is 1. The van der Waals surface area contributed by atoms with E-state index in [9.17, 15) is 5.11 Å². The van der Waals surface area contributed by atoms with Gasteiger partial charge < -0.3 is 5.11 Å². The van der Waals surface area contributed by atoms with E-state index in [-0.39, 0.29) is 6.10 Å². The standard InChI is InChI=1S/C13H22O/c1-12(2)7-4-8-13(3)9-10(14)5-6-11(12)13/h6,10,14H,4-5,7-9H2,1-3H3. The average molecular weight is 194 g/mol. The summed E-state index contributed by atoms with van der Waals surface area (Å²) in [5.41, 5.74) is 2.27. The smallest absolute Gasteiger partial charge is 0.0583 e. The van der Waals surface area contributed by atoms with Crippen LogP contribution in [0.3, 0.4) is 0 Å². The molecule has 0 radical (unpaired) electrons. The van der Waals surface area contributed by atoms with E-state index in [1.54, 1.807) is 5.57 Å². The first kappa shape index (κ1) is 10.2. The summed E-state index contributed by atoms with van der Waals surface area (Å²) in [5.74, 6) is 0. The van der Waals surface area contributed by atoms with Crippen LogP contribution in [0.5, 0.6) is 0 Å². The third-order valence-electron chi connectivity index (χ3n) is 4.19. The van der Waals surface area contributed by atoms with Gasteiger partial charge in [0.25, 0.3) is 0 Å². The van der Waals surface area contributed by atoms with Crippen LogP contribution in [0, 0.1) is 10.8 Å². The van der Waals surface area contributed by atoms with E-state index >= 15 is 0 Å². The first-order chi connectivity index (χ1) is 6.44. The molecule has 0 saturated heterocycles. The minimum Gasteiger partial charge on any atom is -0.393 e. The Kier molecular flexibility index (Phi) is 2.26. The highest BCUT2D eigenvalue weighted by molar-refractivity contribution is 5.26. The molecule has 0 aliphatic heterocycles. The van der Waals surface area contributed by atoms with Crippen LogP contribution >= 0.6 is 0 Å². The first-order valence-electron chi connectivity index (χ1n) is 5.83. The van der Waals surface area contributed by atoms with E-state index in [1.807, 2.05) is 0 Å². The van der Waals surface area contributed by atoms with Crippen molar-refractivity contribution in [1.82, 2.24) is 0 Å². The molecule has 0 aromatic carbocycles. The molecule has 1 heteroatoms. The van der Waals surface area contributed by atoms with Crippen LogP contribution in [-0.2, 0) is 0 Å². The molecule has 1 N–H and O–H groups in total. The van der Waals surface area contributed by atoms with Crippen LogP contribution < -0.4 is 0 Å². The highest BCUT2D eigenvalue weighted by atomic mass is 16.3. The SMILES string of the molecule is CC1(C)CCCC2(C)CC(O)CC=C12. The monoisotopic (exact) mass is 194 g/mol. The van der Waals surface area contributed by atoms with E-state index in [0.29, 0.717) is 10.8 Å². The third kappa shape index (κ3) is 1.52. The number of hydrogen-bond acceptors (Lipinski definition) is 1. The Hall–Kier alpha value is -0.300. The molecule has 2 rings (SSSR count). The van der Waals surface area contributed by atoms with Crippen molar-refractivity contribution in [3.05, 3.63) is 11.6 Å². The summed E-state index contributed by atoms with van der Waals surface area (Å²) >= 11 is 0. The fourth-order valence-electron chi connectivity index (χ4n) is 3.60. The third-order valence-corrected chi connectivity index (χ3v) is 4.19. The second kappa shape index (κ2) is 3.10. The van der Waals surface area contributed by atoms with Crippen LogP contribution in [0.15, 0.2) is 11.6 Å². The van der Waals surface area contributed by atoms with Crippen molar-refractivity contribution in [2.45, 2.75) is 59.0 Å². The van der Waals surface area contributed by atoms with Crippen LogP contribution in [0.1, 0.15) is 52.9 Å². The maximum atomic E-state index is 9.74. The molecule has 0 spiro atoms. The highest BCUT2D eigenvalue weighted by Crippen LogP contribution is 2.54. The zero-order valence-electron chi connectivity index (χ0n) is 9.64. The summed E-state index contributed by atoms with van der Waals surface area (Å²) in [6, 6.07) is 0. The second-order valence-corrected chi connectivity index (χ2v) is 6.01. The number of allylic oxidation sites excluding steroid dienone is 1. The lowest BCUT2D eigenvalue weighted by Crippen LogP contribution is -2.39. The summed E-state index contributed by atoms with van der Waals surface area (Å²) in [7, 11) is 0. The lowest BCUT2D eigenvalue weighted by Gasteiger charge is -2.49. The van der Waals surface area contributed by atoms with Crippen LogP contribution in [-0.4, -0.2) is 11.2 Å². The average Bonchev–Trinajstić information content (AvgIpc) is 2.00. The van der Waals surface area contributed by atoms with Crippen molar-refractivity contribution in [2.75, 3.05) is 0 Å². The predicted octanol–water partition coefficient (Wildman–Crippen LogP) is 3.28. The molecule has 0 aromatic rings. The summed E-state index contributed by atoms with van der Waals surface area (Å²) in [4.78, 5) is 0. The number of aliphatic hydroxyl groups is 1. The summed E-state index contributed by atoms with van der Waals surface area (Å²) < 4.78 is 0. The van der Waals surface area contributed by atoms with Gasteiger partial charge in [0, 0.05) is 0 Å². The summed E-state index contributed by atoms with van der Waals surface area (Å²) in [6.07, 6.45) is 7.94. The molecule has 2 aliphatic carbocycles. The minimum absolute atomic E-state index is 0.0994. The van der Waals surface area contributed by atoms with Crippen LogP contribution in [0.25, 0.3) is 0 Å². The molecule has 0 bridgehead atoms. The normalized spacial score (nSPS) is 41.4. The van der Waals surface area contributed by atoms with Gasteiger partial charge in [0.15, 0.2) is 0 Å². The van der Waals surface area contributed by atoms with Crippen molar-refractivity contribution < 1.29 is 5.11 Å². The van der Waals surface area contributed by atoms with Gasteiger partial charge in [0.05, 0.1) is 6.10 Å². The Morgan fingerprint density at radius 3 is 2.71 bits per heavy atom. The molecule has 2 unspecified atom stereocenters. The Balaban J connectivity index is 2.35. The van der Waals surface area contributed by atoms with Gasteiger partial charge >= 0.3 is 0 Å². The quantitative estimate of drug-likeness (QED) is 0.587. The zero-order chi connectivity index (χ0) is 10.4. The predicted molar refractivity (Wildman–Crippen MR) is 59.1 cm³/mol. The van der Waals surface area contributed by atoms with Crippen LogP contribution in [0.2, 0.25) is 0 Å². The van der Waals surface area contributed by atoms with Gasteiger partial charge in [-0.1, -0.05) is 38.8 Å². The van der Waals surface area contributed by atoms with Crippen molar-refractivity contribution in [3.8, 4) is 0 Å². The zero-order valence-corrected chi connectivity index (χ0v) is 9.64. The Morgan fingerprint density at radius 2 is 2.00 bits per heavy atom. The maximum Gasteiger partial charge on any atom is 0.0583 e. The molecular formula is C13H22O. The molecule has 2 atom stereocenters. The molecule has 1 saturated carbocycles. The largest absolute Gasteiger partial charge is 0.393 e. The second-order valence-electron chi connectivity index (χ2n) is 6.01. The number of rotatable bonds is 0. The lowest BCUT2D eigenvalue weighted by atomic mass is 9.56. The van der Waals surface area contributed by atoms with E-state index in [4.69, 9.17) is 0 Å². The Bertz CT molecular complexity index is 264. The maximum absolute atomic E-state index is 9.74. The number of aliphatic hydroxyl groups excluding tert-OH is 1. The van der Waals surface area contributed by atoms with Gasteiger partial charge in [-0.2, -0.15) is 0 Å². The van der Waals surface area contributed by atoms with Gasteiger partial charge in [-0.25, -0.2) is 0 Å². The van der Waals surface area contributed by atoms with Crippen molar-refractivity contribution >= 4 is 0 Å². The fraction of sp³-hybridized carbons (Fsp3) is 0.846. The van der Waals surface area contributed by atoms with Crippen molar-refractivity contribution in [2.24, 2.45) is 10.8 Å². The van der Waals surface area contributed by atoms with E-state index in [0.717, 1.165) is 12.8 Å². The molecule has 2 aliphatic rings. The summed E-state index contributed by atoms with van der Waals surface area (Å²) in [5, 5.41) is 9.74. The van der Waals surface area contributed by atoms with E-state index < -0.39 is 0 Å². The van der Waals surface area contributed by atoms with Crippen molar-refractivity contribution in [3.63, 3.8) is 0 Å². The molecule has 80 valence electrons. The molecule has 0 heterocycles. The van der Waals surface area contributed by atoms with Gasteiger partial charge in [0.1, 0.15) is 0 Å². The minimum atomic E-state index is -0.0994. The molecular weight excluding hydrogens is 172 g/mol. The molecule has 1 fully saturated rings. The molecule has 0 aromatic heterocycles. The van der Waals surface area contributed by atoms with Crippen LogP contribution in [0.4, 0.5) is 0 Å². The Morgan fingerprint density at radius 1 is 1.29 bits per heavy atom. The lowest BCUT2D eigenvalue weighted by molar-refractivity contribution is 0.0754. The topological polar surface area (TPSA) is 20.2 Å². The van der Waals surface area contributed by atoms with E-state index in [2.05, 4.69) is 26.8 Å². The van der Waals surface area contributed by atoms with Gasteiger partial charge in [-0.05, 0) is 36.5 Å². The van der Waals surface area contributed by atoms with Gasteiger partial charge in [-0.3, -0.25) is 0 Å². The summed E-state index contributed by atoms with van der Waals surface area (Å²) in [6.45, 7) is 7.05. The molecule has 14 heavy (non-hydrogen) atoms. The molecule has 0 amide bonds. The van der Waals surface area contributed by atoms with Crippen molar-refractivity contribution in [1.29, 1.82) is 0 Å². The fourth-order valence-corrected chi connectivity index (χ4v) is 3.60. The first-order valence-corrected chi connectivity index (χ1v) is 5.83. The van der Waals surface area contributed by atoms with Gasteiger partial charge in [-0.15, -0.1) is 0 Å². The molecule has 1 nitrogen and oxygen atoms in total. The highest BCUT2D eigenvalue weighted by Gasteiger charge is 2.43.